The molecule has 0 bridgehead atoms. The van der Waals surface area contributed by atoms with Crippen LogP contribution in [0.4, 0.5) is 0 Å². The summed E-state index contributed by atoms with van der Waals surface area (Å²) in [5, 5.41) is 0. The van der Waals surface area contributed by atoms with Crippen LogP contribution in [0, 0.1) is 6.92 Å². The molecule has 0 aliphatic heterocycles. The third kappa shape index (κ3) is 2.20. The minimum atomic E-state index is -3.28. The molecule has 0 atom stereocenters. The van der Waals surface area contributed by atoms with E-state index in [-0.39, 0.29) is 6.04 Å². The number of halogens is 1. The maximum Gasteiger partial charge on any atom is 0.244 e. The SMILES string of the molecule is CCN(C1CC1)S(=O)(=O)c1cc(Br)sc1C. The second kappa shape index (κ2) is 4.40. The van der Waals surface area contributed by atoms with Gasteiger partial charge in [-0.05, 0) is 41.8 Å². The van der Waals surface area contributed by atoms with E-state index in [1.54, 1.807) is 10.4 Å². The summed E-state index contributed by atoms with van der Waals surface area (Å²) in [6.07, 6.45) is 1.99. The van der Waals surface area contributed by atoms with E-state index in [9.17, 15) is 8.42 Å². The Morgan fingerprint density at radius 3 is 2.56 bits per heavy atom. The topological polar surface area (TPSA) is 37.4 Å². The molecule has 1 aliphatic rings. The number of rotatable bonds is 4. The number of hydrogen-bond donors (Lipinski definition) is 0. The number of thiophene rings is 1. The van der Waals surface area contributed by atoms with Gasteiger partial charge in [0, 0.05) is 17.5 Å². The molecule has 90 valence electrons. The van der Waals surface area contributed by atoms with Crippen molar-refractivity contribution in [3.8, 4) is 0 Å². The average Bonchev–Trinajstić information content (AvgIpc) is 2.93. The zero-order chi connectivity index (χ0) is 11.9. The van der Waals surface area contributed by atoms with Gasteiger partial charge in [0.2, 0.25) is 10.0 Å². The highest BCUT2D eigenvalue weighted by Crippen LogP contribution is 2.36. The molecule has 1 heterocycles. The van der Waals surface area contributed by atoms with Gasteiger partial charge in [-0.3, -0.25) is 0 Å². The Morgan fingerprint density at radius 1 is 1.56 bits per heavy atom. The maximum atomic E-state index is 12.4. The fourth-order valence-electron chi connectivity index (χ4n) is 1.80. The van der Waals surface area contributed by atoms with E-state index in [0.29, 0.717) is 11.4 Å². The Hall–Kier alpha value is 0.0900. The van der Waals surface area contributed by atoms with E-state index in [0.717, 1.165) is 21.5 Å². The normalized spacial score (nSPS) is 17.0. The van der Waals surface area contributed by atoms with Gasteiger partial charge in [-0.25, -0.2) is 8.42 Å². The highest BCUT2D eigenvalue weighted by molar-refractivity contribution is 9.11. The van der Waals surface area contributed by atoms with Crippen LogP contribution >= 0.6 is 27.3 Å². The number of aryl methyl sites for hydroxylation is 1. The molecule has 0 radical (unpaired) electrons. The molecule has 0 amide bonds. The summed E-state index contributed by atoms with van der Waals surface area (Å²) in [6.45, 7) is 4.30. The Morgan fingerprint density at radius 2 is 2.19 bits per heavy atom. The average molecular weight is 324 g/mol. The van der Waals surface area contributed by atoms with E-state index >= 15 is 0 Å². The fourth-order valence-corrected chi connectivity index (χ4v) is 5.88. The van der Waals surface area contributed by atoms with Crippen LogP contribution in [0.2, 0.25) is 0 Å². The summed E-state index contributed by atoms with van der Waals surface area (Å²) in [5.41, 5.74) is 0. The Balaban J connectivity index is 2.40. The largest absolute Gasteiger partial charge is 0.244 e. The van der Waals surface area contributed by atoms with Gasteiger partial charge >= 0.3 is 0 Å². The van der Waals surface area contributed by atoms with Crippen LogP contribution in [-0.2, 0) is 10.0 Å². The molecule has 6 heteroatoms. The molecule has 1 aliphatic carbocycles. The Labute approximate surface area is 109 Å². The molecular weight excluding hydrogens is 310 g/mol. The molecule has 1 saturated carbocycles. The van der Waals surface area contributed by atoms with Crippen molar-refractivity contribution in [3.05, 3.63) is 14.7 Å². The summed E-state index contributed by atoms with van der Waals surface area (Å²) in [7, 11) is -3.28. The highest BCUT2D eigenvalue weighted by atomic mass is 79.9. The summed E-state index contributed by atoms with van der Waals surface area (Å²) in [6, 6.07) is 1.94. The second-order valence-corrected chi connectivity index (χ2v) is 8.41. The predicted octanol–water partition coefficient (Wildman–Crippen LogP) is 2.99. The van der Waals surface area contributed by atoms with Crippen molar-refractivity contribution >= 4 is 37.3 Å². The minimum absolute atomic E-state index is 0.230. The third-order valence-electron chi connectivity index (χ3n) is 2.69. The molecule has 1 fully saturated rings. The van der Waals surface area contributed by atoms with E-state index in [1.807, 2.05) is 13.8 Å². The lowest BCUT2D eigenvalue weighted by molar-refractivity contribution is 0.421. The molecule has 0 spiro atoms. The first-order chi connectivity index (χ1) is 7.46. The van der Waals surface area contributed by atoms with Crippen LogP contribution in [0.15, 0.2) is 14.7 Å². The molecule has 0 saturated heterocycles. The predicted molar refractivity (Wildman–Crippen MR) is 69.3 cm³/mol. The van der Waals surface area contributed by atoms with E-state index < -0.39 is 10.0 Å². The molecular formula is C10H14BrNO2S2. The van der Waals surface area contributed by atoms with Crippen LogP contribution in [-0.4, -0.2) is 25.3 Å². The van der Waals surface area contributed by atoms with Crippen LogP contribution in [0.25, 0.3) is 0 Å². The minimum Gasteiger partial charge on any atom is -0.207 e. The summed E-state index contributed by atoms with van der Waals surface area (Å²) >= 11 is 4.80. The van der Waals surface area contributed by atoms with Gasteiger partial charge in [-0.15, -0.1) is 11.3 Å². The van der Waals surface area contributed by atoms with Gasteiger partial charge in [-0.2, -0.15) is 4.31 Å². The first kappa shape index (κ1) is 12.5. The summed E-state index contributed by atoms with van der Waals surface area (Å²) in [5.74, 6) is 0. The zero-order valence-corrected chi connectivity index (χ0v) is 12.5. The fraction of sp³-hybridized carbons (Fsp3) is 0.600. The summed E-state index contributed by atoms with van der Waals surface area (Å²) in [4.78, 5) is 1.31. The molecule has 2 rings (SSSR count). The number of hydrogen-bond acceptors (Lipinski definition) is 3. The maximum absolute atomic E-state index is 12.4. The van der Waals surface area contributed by atoms with Crippen molar-refractivity contribution in [2.45, 2.75) is 37.6 Å². The smallest absolute Gasteiger partial charge is 0.207 e. The van der Waals surface area contributed by atoms with Gasteiger partial charge < -0.3 is 0 Å². The monoisotopic (exact) mass is 323 g/mol. The lowest BCUT2D eigenvalue weighted by Gasteiger charge is -2.19. The Kier molecular flexibility index (Phi) is 3.45. The summed E-state index contributed by atoms with van der Waals surface area (Å²) < 4.78 is 27.3. The van der Waals surface area contributed by atoms with Crippen LogP contribution < -0.4 is 0 Å². The van der Waals surface area contributed by atoms with Crippen molar-refractivity contribution in [2.75, 3.05) is 6.54 Å². The van der Waals surface area contributed by atoms with Crippen molar-refractivity contribution in [2.24, 2.45) is 0 Å². The molecule has 0 aromatic carbocycles. The van der Waals surface area contributed by atoms with Crippen molar-refractivity contribution in [3.63, 3.8) is 0 Å². The quantitative estimate of drug-likeness (QED) is 0.854. The van der Waals surface area contributed by atoms with Crippen molar-refractivity contribution < 1.29 is 8.42 Å². The molecule has 0 N–H and O–H groups in total. The van der Waals surface area contributed by atoms with Gasteiger partial charge in [0.1, 0.15) is 0 Å². The van der Waals surface area contributed by atoms with Gasteiger partial charge in [0.05, 0.1) is 8.68 Å². The number of nitrogens with zero attached hydrogens (tertiary/aromatic N) is 1. The first-order valence-corrected chi connectivity index (χ1v) is 8.29. The molecule has 16 heavy (non-hydrogen) atoms. The van der Waals surface area contributed by atoms with Crippen LogP contribution in [0.1, 0.15) is 24.6 Å². The first-order valence-electron chi connectivity index (χ1n) is 5.24. The molecule has 0 unspecified atom stereocenters. The zero-order valence-electron chi connectivity index (χ0n) is 9.23. The second-order valence-electron chi connectivity index (χ2n) is 3.91. The van der Waals surface area contributed by atoms with E-state index in [4.69, 9.17) is 0 Å². The highest BCUT2D eigenvalue weighted by Gasteiger charge is 2.37. The molecule has 1 aromatic heterocycles. The van der Waals surface area contributed by atoms with E-state index in [2.05, 4.69) is 15.9 Å². The van der Waals surface area contributed by atoms with Crippen LogP contribution in [0.5, 0.6) is 0 Å². The Bertz CT molecular complexity index is 491. The lowest BCUT2D eigenvalue weighted by atomic mass is 10.5. The molecule has 3 nitrogen and oxygen atoms in total. The van der Waals surface area contributed by atoms with Crippen LogP contribution in [0.3, 0.4) is 0 Å². The third-order valence-corrected chi connectivity index (χ3v) is 6.53. The van der Waals surface area contributed by atoms with Gasteiger partial charge in [0.25, 0.3) is 0 Å². The van der Waals surface area contributed by atoms with Crippen molar-refractivity contribution in [1.82, 2.24) is 4.31 Å². The van der Waals surface area contributed by atoms with E-state index in [1.165, 1.54) is 11.3 Å². The standard InChI is InChI=1S/C10H14BrNO2S2/c1-3-12(8-4-5-8)16(13,14)9-6-10(11)15-7(9)2/h6,8H,3-5H2,1-2H3. The van der Waals surface area contributed by atoms with Crippen molar-refractivity contribution in [1.29, 1.82) is 0 Å². The van der Waals surface area contributed by atoms with Gasteiger partial charge in [-0.1, -0.05) is 6.92 Å². The lowest BCUT2D eigenvalue weighted by Crippen LogP contribution is -2.32. The number of sulfonamides is 1. The molecule has 1 aromatic rings. The van der Waals surface area contributed by atoms with Gasteiger partial charge in [0.15, 0.2) is 0 Å².